The molecule has 0 aliphatic rings. The van der Waals surface area contributed by atoms with Gasteiger partial charge in [0.15, 0.2) is 0 Å². The van der Waals surface area contributed by atoms with Gasteiger partial charge in [-0.05, 0) is 25.2 Å². The highest BCUT2D eigenvalue weighted by molar-refractivity contribution is 8.00. The van der Waals surface area contributed by atoms with Crippen molar-refractivity contribution in [3.63, 3.8) is 0 Å². The third kappa shape index (κ3) is 4.00. The van der Waals surface area contributed by atoms with E-state index in [0.717, 1.165) is 12.8 Å². The summed E-state index contributed by atoms with van der Waals surface area (Å²) in [4.78, 5) is 3.80. The fourth-order valence-electron chi connectivity index (χ4n) is 1.75. The molecule has 114 valence electrons. The summed E-state index contributed by atoms with van der Waals surface area (Å²) in [7, 11) is -3.63. The van der Waals surface area contributed by atoms with E-state index < -0.39 is 10.0 Å². The molecular formula is C12H20ClN3O2S2. The molecule has 0 aromatic carbocycles. The van der Waals surface area contributed by atoms with Gasteiger partial charge in [0, 0.05) is 17.5 Å². The first-order chi connectivity index (χ1) is 9.30. The van der Waals surface area contributed by atoms with Crippen molar-refractivity contribution in [2.24, 2.45) is 0 Å². The van der Waals surface area contributed by atoms with Crippen molar-refractivity contribution in [2.75, 3.05) is 18.5 Å². The van der Waals surface area contributed by atoms with E-state index in [2.05, 4.69) is 23.6 Å². The lowest BCUT2D eigenvalue weighted by Gasteiger charge is -2.29. The molecule has 0 aliphatic heterocycles. The lowest BCUT2D eigenvalue weighted by atomic mass is 10.0. The predicted molar refractivity (Wildman–Crippen MR) is 85.7 cm³/mol. The van der Waals surface area contributed by atoms with Crippen LogP contribution >= 0.6 is 23.4 Å². The number of hydrogen-bond donors (Lipinski definition) is 2. The number of nitrogens with two attached hydrogens (primary N) is 1. The average molecular weight is 338 g/mol. The molecule has 0 unspecified atom stereocenters. The highest BCUT2D eigenvalue weighted by Crippen LogP contribution is 2.30. The lowest BCUT2D eigenvalue weighted by molar-refractivity contribution is 0.522. The van der Waals surface area contributed by atoms with Crippen molar-refractivity contribution >= 4 is 39.2 Å². The van der Waals surface area contributed by atoms with Gasteiger partial charge < -0.3 is 5.73 Å². The second kappa shape index (κ2) is 6.98. The van der Waals surface area contributed by atoms with Crippen LogP contribution in [0.15, 0.2) is 17.2 Å². The van der Waals surface area contributed by atoms with Gasteiger partial charge in [-0.25, -0.2) is 18.1 Å². The number of pyridine rings is 1. The van der Waals surface area contributed by atoms with Gasteiger partial charge in [-0.1, -0.05) is 25.4 Å². The Bertz CT molecular complexity index is 552. The Morgan fingerprint density at radius 2 is 2.05 bits per heavy atom. The van der Waals surface area contributed by atoms with E-state index in [1.807, 2.05) is 6.26 Å². The number of nitrogens with zero attached hydrogens (tertiary/aromatic N) is 1. The molecule has 1 heterocycles. The molecule has 3 N–H and O–H groups in total. The molecule has 1 aromatic rings. The van der Waals surface area contributed by atoms with Crippen LogP contribution in [0.2, 0.25) is 5.02 Å². The predicted octanol–water partition coefficient (Wildman–Crippen LogP) is 2.52. The molecule has 5 nitrogen and oxygen atoms in total. The molecular weight excluding hydrogens is 318 g/mol. The van der Waals surface area contributed by atoms with E-state index in [0.29, 0.717) is 6.54 Å². The number of aromatic nitrogens is 1. The van der Waals surface area contributed by atoms with E-state index >= 15 is 0 Å². The molecule has 20 heavy (non-hydrogen) atoms. The number of rotatable bonds is 7. The number of halogens is 1. The van der Waals surface area contributed by atoms with Crippen LogP contribution in [-0.2, 0) is 10.0 Å². The maximum absolute atomic E-state index is 12.2. The fraction of sp³-hybridized carbons (Fsp3) is 0.583. The summed E-state index contributed by atoms with van der Waals surface area (Å²) in [5.74, 6) is 0.117. The van der Waals surface area contributed by atoms with Gasteiger partial charge in [0.1, 0.15) is 10.7 Å². The molecule has 1 rings (SSSR count). The lowest BCUT2D eigenvalue weighted by Crippen LogP contribution is -2.39. The number of sulfonamides is 1. The number of nitrogen functional groups attached to an aromatic ring is 1. The average Bonchev–Trinajstić information content (AvgIpc) is 2.44. The Hall–Kier alpha value is -0.500. The minimum Gasteiger partial charge on any atom is -0.382 e. The van der Waals surface area contributed by atoms with Crippen LogP contribution in [0.25, 0.3) is 0 Å². The topological polar surface area (TPSA) is 85.1 Å². The quantitative estimate of drug-likeness (QED) is 0.798. The maximum atomic E-state index is 12.2. The number of hydrogen-bond acceptors (Lipinski definition) is 5. The molecule has 0 amide bonds. The smallest absolute Gasteiger partial charge is 0.242 e. The molecule has 1 aromatic heterocycles. The molecule has 0 radical (unpaired) electrons. The van der Waals surface area contributed by atoms with Crippen LogP contribution in [0.3, 0.4) is 0 Å². The second-order valence-electron chi connectivity index (χ2n) is 4.46. The zero-order valence-corrected chi connectivity index (χ0v) is 14.2. The van der Waals surface area contributed by atoms with E-state index in [-0.39, 0.29) is 20.5 Å². The van der Waals surface area contributed by atoms with Gasteiger partial charge in [-0.15, -0.1) is 0 Å². The van der Waals surface area contributed by atoms with Crippen LogP contribution in [0.4, 0.5) is 5.82 Å². The monoisotopic (exact) mass is 337 g/mol. The third-order valence-corrected chi connectivity index (χ3v) is 6.72. The van der Waals surface area contributed by atoms with Crippen LogP contribution in [-0.4, -0.2) is 30.9 Å². The molecule has 0 saturated carbocycles. The molecule has 0 aliphatic carbocycles. The van der Waals surface area contributed by atoms with Crippen molar-refractivity contribution in [2.45, 2.75) is 36.3 Å². The zero-order valence-electron chi connectivity index (χ0n) is 11.8. The molecule has 8 heteroatoms. The number of anilines is 1. The summed E-state index contributed by atoms with van der Waals surface area (Å²) in [6, 6.07) is 1.31. The van der Waals surface area contributed by atoms with Crippen LogP contribution < -0.4 is 10.5 Å². The van der Waals surface area contributed by atoms with E-state index in [9.17, 15) is 8.42 Å². The Morgan fingerprint density at radius 3 is 2.50 bits per heavy atom. The Morgan fingerprint density at radius 1 is 1.45 bits per heavy atom. The SMILES string of the molecule is CCC(CC)(CNS(=O)(=O)c1cnc(N)c(Cl)c1)SC. The Kier molecular flexibility index (Phi) is 6.12. The first-order valence-electron chi connectivity index (χ1n) is 6.26. The zero-order chi connectivity index (χ0) is 15.4. The normalized spacial score (nSPS) is 12.6. The first-order valence-corrected chi connectivity index (χ1v) is 9.34. The molecule has 0 spiro atoms. The van der Waals surface area contributed by atoms with Crippen molar-refractivity contribution in [1.29, 1.82) is 0 Å². The third-order valence-electron chi connectivity index (χ3n) is 3.46. The summed E-state index contributed by atoms with van der Waals surface area (Å²) in [6.45, 7) is 4.47. The molecule has 0 atom stereocenters. The molecule has 0 fully saturated rings. The summed E-state index contributed by atoms with van der Waals surface area (Å²) in [5, 5.41) is 0.134. The fourth-order valence-corrected chi connectivity index (χ4v) is 3.96. The highest BCUT2D eigenvalue weighted by atomic mass is 35.5. The van der Waals surface area contributed by atoms with Crippen molar-refractivity contribution in [3.8, 4) is 0 Å². The second-order valence-corrected chi connectivity index (χ2v) is 7.91. The number of nitrogens with one attached hydrogen (secondary N) is 1. The van der Waals surface area contributed by atoms with Gasteiger partial charge in [0.2, 0.25) is 10.0 Å². The largest absolute Gasteiger partial charge is 0.382 e. The Balaban J connectivity index is 2.92. The van der Waals surface area contributed by atoms with Crippen LogP contribution in [0, 0.1) is 0 Å². The van der Waals surface area contributed by atoms with Crippen LogP contribution in [0.1, 0.15) is 26.7 Å². The van der Waals surface area contributed by atoms with Crippen molar-refractivity contribution < 1.29 is 8.42 Å². The maximum Gasteiger partial charge on any atom is 0.242 e. The summed E-state index contributed by atoms with van der Waals surface area (Å²) in [5.41, 5.74) is 5.48. The standard InChI is InChI=1S/C12H20ClN3O2S2/c1-4-12(5-2,19-3)8-16-20(17,18)9-6-10(13)11(14)15-7-9/h6-7,16H,4-5,8H2,1-3H3,(H2,14,15). The minimum atomic E-state index is -3.63. The molecule has 0 saturated heterocycles. The van der Waals surface area contributed by atoms with Gasteiger partial charge in [0.25, 0.3) is 0 Å². The van der Waals surface area contributed by atoms with Crippen molar-refractivity contribution in [3.05, 3.63) is 17.3 Å². The summed E-state index contributed by atoms with van der Waals surface area (Å²) >= 11 is 7.48. The highest BCUT2D eigenvalue weighted by Gasteiger charge is 2.27. The van der Waals surface area contributed by atoms with E-state index in [1.54, 1.807) is 11.8 Å². The van der Waals surface area contributed by atoms with Gasteiger partial charge in [0.05, 0.1) is 5.02 Å². The first kappa shape index (κ1) is 17.6. The van der Waals surface area contributed by atoms with Crippen LogP contribution in [0.5, 0.6) is 0 Å². The molecule has 0 bridgehead atoms. The van der Waals surface area contributed by atoms with Gasteiger partial charge in [-0.2, -0.15) is 11.8 Å². The summed E-state index contributed by atoms with van der Waals surface area (Å²) < 4.78 is 27.0. The Labute approximate surface area is 129 Å². The minimum absolute atomic E-state index is 0.0268. The van der Waals surface area contributed by atoms with E-state index in [4.69, 9.17) is 17.3 Å². The van der Waals surface area contributed by atoms with Gasteiger partial charge in [-0.3, -0.25) is 0 Å². The summed E-state index contributed by atoms with van der Waals surface area (Å²) in [6.07, 6.45) is 4.97. The van der Waals surface area contributed by atoms with Crippen molar-refractivity contribution in [1.82, 2.24) is 9.71 Å². The number of thioether (sulfide) groups is 1. The van der Waals surface area contributed by atoms with E-state index in [1.165, 1.54) is 12.3 Å². The van der Waals surface area contributed by atoms with Gasteiger partial charge >= 0.3 is 0 Å².